The van der Waals surface area contributed by atoms with Crippen molar-refractivity contribution in [1.29, 1.82) is 0 Å². The minimum Gasteiger partial charge on any atom is -0.393 e. The Labute approximate surface area is 98.1 Å². The largest absolute Gasteiger partial charge is 0.393 e. The Hall–Kier alpha value is -0.120. The van der Waals surface area contributed by atoms with Crippen LogP contribution in [0.1, 0.15) is 46.0 Å². The van der Waals surface area contributed by atoms with Crippen LogP contribution in [-0.2, 0) is 9.47 Å². The molecule has 0 aromatic carbocycles. The van der Waals surface area contributed by atoms with Gasteiger partial charge in [0.2, 0.25) is 0 Å². The molecule has 2 heterocycles. The monoisotopic (exact) mass is 228 g/mol. The van der Waals surface area contributed by atoms with E-state index in [9.17, 15) is 5.11 Å². The molecule has 0 spiro atoms. The molecule has 4 unspecified atom stereocenters. The van der Waals surface area contributed by atoms with Crippen molar-refractivity contribution in [2.24, 2.45) is 5.92 Å². The van der Waals surface area contributed by atoms with Crippen molar-refractivity contribution in [3.63, 3.8) is 0 Å². The van der Waals surface area contributed by atoms with Crippen LogP contribution >= 0.6 is 0 Å². The lowest BCUT2D eigenvalue weighted by Gasteiger charge is -2.28. The Kier molecular flexibility index (Phi) is 3.57. The first kappa shape index (κ1) is 12.3. The normalized spacial score (nSPS) is 35.6. The molecule has 16 heavy (non-hydrogen) atoms. The Bertz CT molecular complexity index is 239. The van der Waals surface area contributed by atoms with Gasteiger partial charge in [-0.25, -0.2) is 0 Å². The summed E-state index contributed by atoms with van der Waals surface area (Å²) in [7, 11) is 1.73. The molecule has 2 bridgehead atoms. The SMILES string of the molecule is COC(C)(C)CCC(O)C1CC2CCC1O2. The van der Waals surface area contributed by atoms with Gasteiger partial charge in [0, 0.05) is 13.0 Å². The highest BCUT2D eigenvalue weighted by Crippen LogP contribution is 2.41. The van der Waals surface area contributed by atoms with E-state index in [-0.39, 0.29) is 11.7 Å². The average Bonchev–Trinajstić information content (AvgIpc) is 2.87. The van der Waals surface area contributed by atoms with Crippen molar-refractivity contribution < 1.29 is 14.6 Å². The third-order valence-electron chi connectivity index (χ3n) is 4.24. The van der Waals surface area contributed by atoms with Crippen LogP contribution < -0.4 is 0 Å². The molecule has 0 aromatic rings. The molecule has 4 atom stereocenters. The second-order valence-corrected chi connectivity index (χ2v) is 5.84. The third-order valence-corrected chi connectivity index (χ3v) is 4.24. The van der Waals surface area contributed by atoms with Gasteiger partial charge in [0.25, 0.3) is 0 Å². The number of rotatable bonds is 5. The van der Waals surface area contributed by atoms with Crippen molar-refractivity contribution in [1.82, 2.24) is 0 Å². The van der Waals surface area contributed by atoms with Gasteiger partial charge in [0.15, 0.2) is 0 Å². The highest BCUT2D eigenvalue weighted by molar-refractivity contribution is 4.93. The van der Waals surface area contributed by atoms with Gasteiger partial charge in [-0.2, -0.15) is 0 Å². The standard InChI is InChI=1S/C13H24O3/c1-13(2,15-3)7-6-11(14)10-8-9-4-5-12(10)16-9/h9-12,14H,4-8H2,1-3H3. The molecule has 0 aromatic heterocycles. The van der Waals surface area contributed by atoms with Crippen LogP contribution in [0.15, 0.2) is 0 Å². The van der Waals surface area contributed by atoms with Crippen LogP contribution in [0, 0.1) is 5.92 Å². The number of aliphatic hydroxyl groups excluding tert-OH is 1. The van der Waals surface area contributed by atoms with Gasteiger partial charge in [-0.15, -0.1) is 0 Å². The van der Waals surface area contributed by atoms with E-state index in [2.05, 4.69) is 13.8 Å². The van der Waals surface area contributed by atoms with E-state index in [4.69, 9.17) is 9.47 Å². The van der Waals surface area contributed by atoms with E-state index >= 15 is 0 Å². The van der Waals surface area contributed by atoms with Gasteiger partial charge in [-0.3, -0.25) is 0 Å². The van der Waals surface area contributed by atoms with Gasteiger partial charge in [0.1, 0.15) is 0 Å². The fraction of sp³-hybridized carbons (Fsp3) is 1.00. The van der Waals surface area contributed by atoms with E-state index < -0.39 is 0 Å². The van der Waals surface area contributed by atoms with Gasteiger partial charge in [-0.1, -0.05) is 0 Å². The lowest BCUT2D eigenvalue weighted by atomic mass is 9.82. The molecule has 0 amide bonds. The molecule has 0 saturated carbocycles. The molecule has 0 radical (unpaired) electrons. The Morgan fingerprint density at radius 2 is 2.19 bits per heavy atom. The molecule has 0 aliphatic carbocycles. The predicted octanol–water partition coefficient (Wildman–Crippen LogP) is 2.12. The maximum absolute atomic E-state index is 10.2. The van der Waals surface area contributed by atoms with E-state index in [1.807, 2.05) is 0 Å². The van der Waals surface area contributed by atoms with Crippen molar-refractivity contribution in [2.75, 3.05) is 7.11 Å². The topological polar surface area (TPSA) is 38.7 Å². The molecule has 2 fully saturated rings. The number of ether oxygens (including phenoxy) is 2. The molecule has 1 N–H and O–H groups in total. The average molecular weight is 228 g/mol. The minimum atomic E-state index is -0.218. The minimum absolute atomic E-state index is 0.126. The summed E-state index contributed by atoms with van der Waals surface area (Å²) in [5.74, 6) is 0.367. The molecule has 2 saturated heterocycles. The Morgan fingerprint density at radius 3 is 2.69 bits per heavy atom. The Morgan fingerprint density at radius 1 is 1.44 bits per heavy atom. The summed E-state index contributed by atoms with van der Waals surface area (Å²) in [5.41, 5.74) is -0.126. The predicted molar refractivity (Wildman–Crippen MR) is 62.3 cm³/mol. The number of fused-ring (bicyclic) bond motifs is 2. The summed E-state index contributed by atoms with van der Waals surface area (Å²) in [4.78, 5) is 0. The van der Waals surface area contributed by atoms with Crippen molar-refractivity contribution in [2.45, 2.75) is 69.9 Å². The first-order valence-electron chi connectivity index (χ1n) is 6.40. The zero-order valence-corrected chi connectivity index (χ0v) is 10.6. The van der Waals surface area contributed by atoms with Crippen LogP contribution in [0.3, 0.4) is 0 Å². The maximum Gasteiger partial charge on any atom is 0.0633 e. The van der Waals surface area contributed by atoms with Crippen LogP contribution in [0.25, 0.3) is 0 Å². The number of hydrogen-bond acceptors (Lipinski definition) is 3. The molecule has 2 aliphatic rings. The Balaban J connectivity index is 1.78. The summed E-state index contributed by atoms with van der Waals surface area (Å²) < 4.78 is 11.1. The van der Waals surface area contributed by atoms with E-state index in [1.165, 1.54) is 6.42 Å². The summed E-state index contributed by atoms with van der Waals surface area (Å²) in [5, 5.41) is 10.2. The van der Waals surface area contributed by atoms with Gasteiger partial charge >= 0.3 is 0 Å². The van der Waals surface area contributed by atoms with Gasteiger partial charge in [-0.05, 0) is 46.0 Å². The molecule has 2 aliphatic heterocycles. The van der Waals surface area contributed by atoms with Crippen LogP contribution in [0.4, 0.5) is 0 Å². The number of hydrogen-bond donors (Lipinski definition) is 1. The lowest BCUT2D eigenvalue weighted by molar-refractivity contribution is -0.0119. The second kappa shape index (κ2) is 4.63. The first-order chi connectivity index (χ1) is 7.52. The zero-order valence-electron chi connectivity index (χ0n) is 10.6. The summed E-state index contributed by atoms with van der Waals surface area (Å²) in [6, 6.07) is 0. The van der Waals surface area contributed by atoms with E-state index in [1.54, 1.807) is 7.11 Å². The van der Waals surface area contributed by atoms with Gasteiger partial charge < -0.3 is 14.6 Å². The number of aliphatic hydroxyl groups is 1. The smallest absolute Gasteiger partial charge is 0.0633 e. The molecule has 2 rings (SSSR count). The third kappa shape index (κ3) is 2.58. The van der Waals surface area contributed by atoms with Crippen LogP contribution in [0.5, 0.6) is 0 Å². The molecule has 94 valence electrons. The summed E-state index contributed by atoms with van der Waals surface area (Å²) in [6.07, 6.45) is 5.64. The summed E-state index contributed by atoms with van der Waals surface area (Å²) >= 11 is 0. The highest BCUT2D eigenvalue weighted by atomic mass is 16.5. The number of methoxy groups -OCH3 is 1. The van der Waals surface area contributed by atoms with Crippen LogP contribution in [0.2, 0.25) is 0 Å². The van der Waals surface area contributed by atoms with Crippen LogP contribution in [-0.4, -0.2) is 36.1 Å². The zero-order chi connectivity index (χ0) is 11.8. The fourth-order valence-corrected chi connectivity index (χ4v) is 2.89. The molecular formula is C13H24O3. The quantitative estimate of drug-likeness (QED) is 0.783. The van der Waals surface area contributed by atoms with E-state index in [0.29, 0.717) is 18.1 Å². The molecule has 3 nitrogen and oxygen atoms in total. The van der Waals surface area contributed by atoms with Gasteiger partial charge in [0.05, 0.1) is 23.9 Å². The first-order valence-corrected chi connectivity index (χ1v) is 6.40. The second-order valence-electron chi connectivity index (χ2n) is 5.84. The van der Waals surface area contributed by atoms with Crippen molar-refractivity contribution in [3.8, 4) is 0 Å². The fourth-order valence-electron chi connectivity index (χ4n) is 2.89. The lowest BCUT2D eigenvalue weighted by Crippen LogP contribution is -2.32. The van der Waals surface area contributed by atoms with Crippen molar-refractivity contribution >= 4 is 0 Å². The molecular weight excluding hydrogens is 204 g/mol. The maximum atomic E-state index is 10.2. The van der Waals surface area contributed by atoms with E-state index in [0.717, 1.165) is 25.7 Å². The highest BCUT2D eigenvalue weighted by Gasteiger charge is 2.43. The van der Waals surface area contributed by atoms with Crippen molar-refractivity contribution in [3.05, 3.63) is 0 Å². The summed E-state index contributed by atoms with van der Waals surface area (Å²) in [6.45, 7) is 4.13. The molecule has 3 heteroatoms.